The number of hydrogen-bond acceptors (Lipinski definition) is 4. The van der Waals surface area contributed by atoms with Crippen LogP contribution in [0.25, 0.3) is 0 Å². The van der Waals surface area contributed by atoms with Gasteiger partial charge in [-0.1, -0.05) is 0 Å². The van der Waals surface area contributed by atoms with E-state index in [1.165, 1.54) is 0 Å². The van der Waals surface area contributed by atoms with Crippen LogP contribution in [-0.2, 0) is 0 Å². The topological polar surface area (TPSA) is 92.2 Å². The molecule has 0 atom stereocenters. The minimum atomic E-state index is -5.61. The molecule has 0 aromatic carbocycles. The van der Waals surface area contributed by atoms with E-state index in [1.807, 2.05) is 0 Å². The van der Waals surface area contributed by atoms with Gasteiger partial charge in [0.2, 0.25) is 0 Å². The van der Waals surface area contributed by atoms with Gasteiger partial charge in [0.05, 0.1) is 0 Å². The summed E-state index contributed by atoms with van der Waals surface area (Å²) in [6.45, 7) is 0. The summed E-state index contributed by atoms with van der Waals surface area (Å²) in [7, 11) is -5.61. The summed E-state index contributed by atoms with van der Waals surface area (Å²) >= 11 is 0. The van der Waals surface area contributed by atoms with Crippen LogP contribution in [0.3, 0.4) is 0 Å². The van der Waals surface area contributed by atoms with Crippen molar-refractivity contribution in [3.05, 3.63) is 0 Å². The molecule has 0 saturated carbocycles. The molecular formula is CaNdO4Si+. The van der Waals surface area contributed by atoms with Crippen LogP contribution >= 0.6 is 0 Å². The fourth-order valence-corrected chi connectivity index (χ4v) is 0. The van der Waals surface area contributed by atoms with E-state index in [4.69, 9.17) is 19.2 Å². The Bertz CT molecular complexity index is 27.2. The first kappa shape index (κ1) is 16.3. The van der Waals surface area contributed by atoms with Gasteiger partial charge in [-0.2, -0.15) is 0 Å². The summed E-state index contributed by atoms with van der Waals surface area (Å²) < 4.78 is 0. The van der Waals surface area contributed by atoms with E-state index in [0.29, 0.717) is 0 Å². The third-order valence-electron chi connectivity index (χ3n) is 0. The Kier molecular flexibility index (Phi) is 15.8. The van der Waals surface area contributed by atoms with Crippen molar-refractivity contribution in [3.63, 3.8) is 0 Å². The molecule has 0 aliphatic heterocycles. The van der Waals surface area contributed by atoms with Crippen molar-refractivity contribution < 1.29 is 60.0 Å². The van der Waals surface area contributed by atoms with Gasteiger partial charge in [-0.05, 0) is 0 Å². The first-order valence-electron chi connectivity index (χ1n) is 0.816. The molecule has 0 saturated heterocycles. The normalized spacial score (nSPS) is 8.57. The minimum Gasteiger partial charge on any atom is -0.894 e. The predicted molar refractivity (Wildman–Crippen MR) is 11.5 cm³/mol. The van der Waals surface area contributed by atoms with Gasteiger partial charge < -0.3 is 28.2 Å². The van der Waals surface area contributed by atoms with E-state index >= 15 is 0 Å². The Morgan fingerprint density at radius 2 is 0.857 bits per heavy atom. The molecule has 4 nitrogen and oxygen atoms in total. The molecule has 0 aromatic rings. The van der Waals surface area contributed by atoms with Crippen LogP contribution < -0.4 is 19.2 Å². The summed E-state index contributed by atoms with van der Waals surface area (Å²) in [6, 6.07) is 0. The zero-order valence-corrected chi connectivity index (χ0v) is 9.76. The van der Waals surface area contributed by atoms with Crippen LogP contribution in [0.2, 0.25) is 0 Å². The van der Waals surface area contributed by atoms with Crippen molar-refractivity contribution in [1.82, 2.24) is 0 Å². The van der Waals surface area contributed by atoms with Gasteiger partial charge in [-0.25, -0.2) is 0 Å². The third kappa shape index (κ3) is 54.2. The fraction of sp³-hybridized carbons (Fsp3) is 0. The molecule has 7 heavy (non-hydrogen) atoms. The molecule has 0 amide bonds. The molecule has 0 aliphatic carbocycles. The van der Waals surface area contributed by atoms with E-state index in [2.05, 4.69) is 0 Å². The molecule has 0 unspecified atom stereocenters. The molecule has 0 N–H and O–H groups in total. The molecule has 0 fully saturated rings. The summed E-state index contributed by atoms with van der Waals surface area (Å²) in [4.78, 5) is 34.3. The standard InChI is InChI=1S/Ca.Nd.O4Si/c;;1-5(2,3)4/q+2;+3;-4. The van der Waals surface area contributed by atoms with Crippen molar-refractivity contribution in [3.8, 4) is 0 Å². The Morgan fingerprint density at radius 3 is 0.857 bits per heavy atom. The second-order valence-corrected chi connectivity index (χ2v) is 1.50. The van der Waals surface area contributed by atoms with Gasteiger partial charge in [0.15, 0.2) is 0 Å². The van der Waals surface area contributed by atoms with E-state index < -0.39 is 9.05 Å². The van der Waals surface area contributed by atoms with E-state index in [0.717, 1.165) is 0 Å². The van der Waals surface area contributed by atoms with Crippen molar-refractivity contribution in [1.29, 1.82) is 0 Å². The summed E-state index contributed by atoms with van der Waals surface area (Å²) in [5.41, 5.74) is 0. The smallest absolute Gasteiger partial charge is 0.894 e. The molecule has 1 radical (unpaired) electrons. The second kappa shape index (κ2) is 6.78. The largest absolute Gasteiger partial charge is 3.00 e. The summed E-state index contributed by atoms with van der Waals surface area (Å²) in [5.74, 6) is 0. The Hall–Kier alpha value is 2.67. The summed E-state index contributed by atoms with van der Waals surface area (Å²) in [5, 5.41) is 0. The van der Waals surface area contributed by atoms with Crippen LogP contribution in [0, 0.1) is 40.8 Å². The van der Waals surface area contributed by atoms with Crippen LogP contribution in [0.15, 0.2) is 0 Å². The summed E-state index contributed by atoms with van der Waals surface area (Å²) in [6.07, 6.45) is 0. The quantitative estimate of drug-likeness (QED) is 0.413. The number of rotatable bonds is 0. The van der Waals surface area contributed by atoms with Crippen molar-refractivity contribution in [2.75, 3.05) is 0 Å². The van der Waals surface area contributed by atoms with E-state index in [1.54, 1.807) is 0 Å². The van der Waals surface area contributed by atoms with Crippen molar-refractivity contribution >= 4 is 46.8 Å². The molecule has 7 heteroatoms. The first-order valence-corrected chi connectivity index (χ1v) is 2.45. The fourth-order valence-electron chi connectivity index (χ4n) is 0. The zero-order valence-electron chi connectivity index (χ0n) is 3.34. The van der Waals surface area contributed by atoms with Crippen LogP contribution in [0.1, 0.15) is 0 Å². The zero-order chi connectivity index (χ0) is 4.50. The molecule has 33 valence electrons. The average Bonchev–Trinajstić information content (AvgIpc) is 0.722. The van der Waals surface area contributed by atoms with Gasteiger partial charge in [-0.3, -0.25) is 0 Å². The monoisotopic (exact) mass is 274 g/mol. The molecule has 0 aliphatic rings. The van der Waals surface area contributed by atoms with Crippen molar-refractivity contribution in [2.24, 2.45) is 0 Å². The Balaban J connectivity index is -0.0000000800. The van der Waals surface area contributed by atoms with Gasteiger partial charge >= 0.3 is 78.6 Å². The van der Waals surface area contributed by atoms with Gasteiger partial charge in [0.1, 0.15) is 0 Å². The molecule has 0 heterocycles. The number of hydrogen-bond donors (Lipinski definition) is 0. The molecule has 0 spiro atoms. The third-order valence-corrected chi connectivity index (χ3v) is 0. The van der Waals surface area contributed by atoms with Crippen LogP contribution in [0.5, 0.6) is 0 Å². The maximum Gasteiger partial charge on any atom is 3.00 e. The SMILES string of the molecule is [Ca+2].[Nd+3].[O-][Si]([O-])([O-])[O-]. The Morgan fingerprint density at radius 1 is 0.857 bits per heavy atom. The molecular weight excluding hydrogens is 276 g/mol. The van der Waals surface area contributed by atoms with E-state index in [9.17, 15) is 0 Å². The van der Waals surface area contributed by atoms with Crippen molar-refractivity contribution in [2.45, 2.75) is 0 Å². The maximum absolute atomic E-state index is 8.58. The molecule has 0 bridgehead atoms. The van der Waals surface area contributed by atoms with Gasteiger partial charge in [-0.15, -0.1) is 0 Å². The van der Waals surface area contributed by atoms with Crippen LogP contribution in [0.4, 0.5) is 0 Å². The molecule has 0 rings (SSSR count). The molecule has 0 aromatic heterocycles. The average molecular weight is 276 g/mol. The Labute approximate surface area is 105 Å². The second-order valence-electron chi connectivity index (χ2n) is 0.500. The van der Waals surface area contributed by atoms with Gasteiger partial charge in [0.25, 0.3) is 0 Å². The van der Waals surface area contributed by atoms with E-state index in [-0.39, 0.29) is 78.6 Å². The predicted octanol–water partition coefficient (Wildman–Crippen LogP) is -5.52. The van der Waals surface area contributed by atoms with Gasteiger partial charge in [0, 0.05) is 0 Å². The maximum atomic E-state index is 8.58. The first-order chi connectivity index (χ1) is 2.00. The van der Waals surface area contributed by atoms with Crippen LogP contribution in [-0.4, -0.2) is 46.8 Å². The minimum absolute atomic E-state index is 0.